The first-order chi connectivity index (χ1) is 11.1. The molecule has 0 N–H and O–H groups in total. The molecule has 0 aliphatic carbocycles. The van der Waals surface area contributed by atoms with Crippen molar-refractivity contribution in [2.45, 2.75) is 31.6 Å². The van der Waals surface area contributed by atoms with Crippen LogP contribution in [-0.2, 0) is 14.3 Å². The van der Waals surface area contributed by atoms with Crippen molar-refractivity contribution in [3.8, 4) is 0 Å². The second-order valence-corrected chi connectivity index (χ2v) is 6.59. The Labute approximate surface area is 139 Å². The molecule has 0 aromatic heterocycles. The van der Waals surface area contributed by atoms with Crippen LogP contribution in [0.4, 0.5) is 0 Å². The molecule has 23 heavy (non-hydrogen) atoms. The average Bonchev–Trinajstić information content (AvgIpc) is 2.89. The van der Waals surface area contributed by atoms with E-state index >= 15 is 0 Å². The van der Waals surface area contributed by atoms with Gasteiger partial charge in [-0.1, -0.05) is 49.0 Å². The first-order valence-corrected chi connectivity index (χ1v) is 8.38. The molecule has 1 aromatic carbocycles. The number of carbonyl (C=O) groups is 2. The van der Waals surface area contributed by atoms with Gasteiger partial charge >= 0.3 is 5.97 Å². The molecule has 1 saturated heterocycles. The Hall–Kier alpha value is -2.08. The Morgan fingerprint density at radius 1 is 1.35 bits per heavy atom. The lowest BCUT2D eigenvalue weighted by Gasteiger charge is -2.32. The number of amidine groups is 1. The molecule has 2 aliphatic heterocycles. The summed E-state index contributed by atoms with van der Waals surface area (Å²) in [6.07, 6.45) is 0.729. The lowest BCUT2D eigenvalue weighted by atomic mass is 9.94. The highest BCUT2D eigenvalue weighted by Crippen LogP contribution is 2.43. The Morgan fingerprint density at radius 3 is 2.65 bits per heavy atom. The van der Waals surface area contributed by atoms with Crippen LogP contribution in [0.2, 0.25) is 0 Å². The van der Waals surface area contributed by atoms with Crippen LogP contribution in [0.5, 0.6) is 0 Å². The molecule has 0 spiro atoms. The van der Waals surface area contributed by atoms with Crippen LogP contribution in [0.25, 0.3) is 0 Å². The van der Waals surface area contributed by atoms with Crippen LogP contribution in [0, 0.1) is 0 Å². The van der Waals surface area contributed by atoms with Gasteiger partial charge in [-0.2, -0.15) is 0 Å². The molecule has 0 bridgehead atoms. The Kier molecular flexibility index (Phi) is 4.26. The zero-order valence-electron chi connectivity index (χ0n) is 13.3. The highest BCUT2D eigenvalue weighted by atomic mass is 32.2. The first kappa shape index (κ1) is 15.8. The standard InChI is InChI=1S/C17H18N2O3S/c1-4-12-15(20)19-14(11-8-6-5-7-9-11)13(16(21)22-3)10(2)18-17(19)23-12/h5-9,12,14H,4H2,1-3H3/t12-,14+/m0/s1. The second kappa shape index (κ2) is 6.20. The van der Waals surface area contributed by atoms with Gasteiger partial charge in [0.15, 0.2) is 5.17 Å². The lowest BCUT2D eigenvalue weighted by molar-refractivity contribution is -0.137. The van der Waals surface area contributed by atoms with Gasteiger partial charge in [-0.25, -0.2) is 9.79 Å². The fourth-order valence-corrected chi connectivity index (χ4v) is 4.04. The van der Waals surface area contributed by atoms with Crippen LogP contribution in [0.3, 0.4) is 0 Å². The molecule has 2 heterocycles. The number of carbonyl (C=O) groups excluding carboxylic acids is 2. The highest BCUT2D eigenvalue weighted by molar-refractivity contribution is 8.15. The molecule has 2 aliphatic rings. The molecule has 120 valence electrons. The number of benzene rings is 1. The highest BCUT2D eigenvalue weighted by Gasteiger charge is 2.46. The average molecular weight is 330 g/mol. The van der Waals surface area contributed by atoms with Crippen LogP contribution >= 0.6 is 11.8 Å². The maximum absolute atomic E-state index is 12.8. The van der Waals surface area contributed by atoms with Crippen molar-refractivity contribution in [3.05, 3.63) is 47.2 Å². The van der Waals surface area contributed by atoms with E-state index in [0.29, 0.717) is 16.4 Å². The van der Waals surface area contributed by atoms with Gasteiger partial charge < -0.3 is 4.74 Å². The molecule has 0 radical (unpaired) electrons. The number of amides is 1. The van der Waals surface area contributed by atoms with E-state index in [1.807, 2.05) is 37.3 Å². The summed E-state index contributed by atoms with van der Waals surface area (Å²) in [4.78, 5) is 31.2. The molecule has 5 nitrogen and oxygen atoms in total. The van der Waals surface area contributed by atoms with Crippen molar-refractivity contribution < 1.29 is 14.3 Å². The molecule has 1 fully saturated rings. The molecular weight excluding hydrogens is 312 g/mol. The fourth-order valence-electron chi connectivity index (χ4n) is 2.91. The summed E-state index contributed by atoms with van der Waals surface area (Å²) >= 11 is 1.47. The third kappa shape index (κ3) is 2.57. The summed E-state index contributed by atoms with van der Waals surface area (Å²) in [5, 5.41) is 0.519. The minimum Gasteiger partial charge on any atom is -0.466 e. The van der Waals surface area contributed by atoms with Crippen molar-refractivity contribution in [2.75, 3.05) is 7.11 Å². The summed E-state index contributed by atoms with van der Waals surface area (Å²) < 4.78 is 4.94. The molecule has 0 unspecified atom stereocenters. The molecule has 1 aromatic rings. The lowest BCUT2D eigenvalue weighted by Crippen LogP contribution is -2.40. The number of hydrogen-bond acceptors (Lipinski definition) is 5. The molecule has 6 heteroatoms. The van der Waals surface area contributed by atoms with Gasteiger partial charge in [0.1, 0.15) is 0 Å². The van der Waals surface area contributed by atoms with E-state index in [2.05, 4.69) is 4.99 Å². The van der Waals surface area contributed by atoms with E-state index in [1.165, 1.54) is 18.9 Å². The van der Waals surface area contributed by atoms with Crippen molar-refractivity contribution >= 4 is 28.8 Å². The maximum atomic E-state index is 12.8. The van der Waals surface area contributed by atoms with Crippen molar-refractivity contribution in [1.29, 1.82) is 0 Å². The normalized spacial score (nSPS) is 23.7. The molecule has 2 atom stereocenters. The number of rotatable bonds is 3. The van der Waals surface area contributed by atoms with Gasteiger partial charge in [-0.15, -0.1) is 0 Å². The number of methoxy groups -OCH3 is 1. The maximum Gasteiger partial charge on any atom is 0.338 e. The third-order valence-electron chi connectivity index (χ3n) is 4.04. The number of allylic oxidation sites excluding steroid dienone is 1. The van der Waals surface area contributed by atoms with Gasteiger partial charge in [0.25, 0.3) is 0 Å². The second-order valence-electron chi connectivity index (χ2n) is 5.42. The number of esters is 1. The SMILES string of the molecule is CC[C@@H]1SC2=NC(C)=C(C(=O)OC)[C@@H](c3ccccc3)N2C1=O. The number of ether oxygens (including phenoxy) is 1. The number of thioether (sulfide) groups is 1. The Morgan fingerprint density at radius 2 is 2.04 bits per heavy atom. The molecule has 3 rings (SSSR count). The third-order valence-corrected chi connectivity index (χ3v) is 5.36. The summed E-state index contributed by atoms with van der Waals surface area (Å²) in [6, 6.07) is 9.06. The van der Waals surface area contributed by atoms with Crippen molar-refractivity contribution in [1.82, 2.24) is 4.90 Å². The van der Waals surface area contributed by atoms with Crippen molar-refractivity contribution in [3.63, 3.8) is 0 Å². The van der Waals surface area contributed by atoms with Crippen LogP contribution < -0.4 is 0 Å². The summed E-state index contributed by atoms with van der Waals surface area (Å²) in [5.41, 5.74) is 1.91. The van der Waals surface area contributed by atoms with Gasteiger partial charge in [0.2, 0.25) is 5.91 Å². The largest absolute Gasteiger partial charge is 0.466 e. The van der Waals surface area contributed by atoms with Crippen LogP contribution in [-0.4, -0.2) is 34.3 Å². The molecular formula is C17H18N2O3S. The zero-order valence-corrected chi connectivity index (χ0v) is 14.1. The fraction of sp³-hybridized carbons (Fsp3) is 0.353. The number of aliphatic imine (C=N–C) groups is 1. The minimum absolute atomic E-state index is 0.000920. The summed E-state index contributed by atoms with van der Waals surface area (Å²) in [7, 11) is 1.35. The number of hydrogen-bond donors (Lipinski definition) is 0. The van der Waals surface area contributed by atoms with E-state index in [4.69, 9.17) is 4.74 Å². The van der Waals surface area contributed by atoms with E-state index in [0.717, 1.165) is 12.0 Å². The van der Waals surface area contributed by atoms with Gasteiger partial charge in [0.05, 0.1) is 29.7 Å². The quantitative estimate of drug-likeness (QED) is 0.800. The number of nitrogens with zero attached hydrogens (tertiary/aromatic N) is 2. The Bertz CT molecular complexity index is 712. The predicted molar refractivity (Wildman–Crippen MR) is 89.9 cm³/mol. The van der Waals surface area contributed by atoms with E-state index in [1.54, 1.807) is 11.8 Å². The van der Waals surface area contributed by atoms with Crippen LogP contribution in [0.15, 0.2) is 46.6 Å². The van der Waals surface area contributed by atoms with Gasteiger partial charge in [-0.3, -0.25) is 9.69 Å². The molecule has 1 amide bonds. The smallest absolute Gasteiger partial charge is 0.338 e. The van der Waals surface area contributed by atoms with Crippen molar-refractivity contribution in [2.24, 2.45) is 4.99 Å². The van der Waals surface area contributed by atoms with E-state index in [-0.39, 0.29) is 11.2 Å². The first-order valence-electron chi connectivity index (χ1n) is 7.51. The predicted octanol–water partition coefficient (Wildman–Crippen LogP) is 2.90. The monoisotopic (exact) mass is 330 g/mol. The minimum atomic E-state index is -0.479. The summed E-state index contributed by atoms with van der Waals surface area (Å²) in [6.45, 7) is 3.77. The Balaban J connectivity index is 2.15. The summed E-state index contributed by atoms with van der Waals surface area (Å²) in [5.74, 6) is -0.448. The molecule has 0 saturated carbocycles. The van der Waals surface area contributed by atoms with Gasteiger partial charge in [0, 0.05) is 0 Å². The van der Waals surface area contributed by atoms with E-state index < -0.39 is 12.0 Å². The van der Waals surface area contributed by atoms with Gasteiger partial charge in [-0.05, 0) is 18.9 Å². The topological polar surface area (TPSA) is 59.0 Å². The van der Waals surface area contributed by atoms with Crippen LogP contribution in [0.1, 0.15) is 31.9 Å². The number of fused-ring (bicyclic) bond motifs is 1. The zero-order chi connectivity index (χ0) is 16.6. The van der Waals surface area contributed by atoms with E-state index in [9.17, 15) is 9.59 Å².